The molecule has 5 nitrogen and oxygen atoms in total. The van der Waals surface area contributed by atoms with E-state index in [4.69, 9.17) is 0 Å². The maximum atomic E-state index is 11.9. The maximum absolute atomic E-state index is 11.9. The van der Waals surface area contributed by atoms with E-state index in [-0.39, 0.29) is 24.9 Å². The minimum absolute atomic E-state index is 0.0000518. The molecule has 0 N–H and O–H groups in total. The van der Waals surface area contributed by atoms with Crippen molar-refractivity contribution in [1.29, 1.82) is 0 Å². The van der Waals surface area contributed by atoms with Crippen LogP contribution in [0, 0.1) is 0 Å². The van der Waals surface area contributed by atoms with Gasteiger partial charge in [-0.1, -0.05) is 0 Å². The largest absolute Gasteiger partial charge is 0.332 e. The Morgan fingerprint density at radius 3 is 2.56 bits per heavy atom. The number of piperazine rings is 1. The molecule has 1 aliphatic heterocycles. The molecule has 1 fully saturated rings. The molecule has 1 aliphatic rings. The van der Waals surface area contributed by atoms with Gasteiger partial charge in [0, 0.05) is 30.0 Å². The molecule has 1 aromatic heterocycles. The lowest BCUT2D eigenvalue weighted by Crippen LogP contribution is -2.53. The quantitative estimate of drug-likeness (QED) is 0.838. The fraction of sp³-hybridized carbons (Fsp3) is 0.417. The zero-order valence-corrected chi connectivity index (χ0v) is 11.7. The fourth-order valence-corrected chi connectivity index (χ4v) is 2.31. The van der Waals surface area contributed by atoms with Gasteiger partial charge in [0.2, 0.25) is 11.8 Å². The highest BCUT2D eigenvalue weighted by Gasteiger charge is 2.28. The predicted molar refractivity (Wildman–Crippen MR) is 69.6 cm³/mol. The van der Waals surface area contributed by atoms with Crippen molar-refractivity contribution in [1.82, 2.24) is 14.8 Å². The number of amides is 2. The van der Waals surface area contributed by atoms with Gasteiger partial charge in [0.15, 0.2) is 0 Å². The van der Waals surface area contributed by atoms with Crippen LogP contribution in [0.2, 0.25) is 0 Å². The first kappa shape index (κ1) is 13.0. The van der Waals surface area contributed by atoms with Crippen molar-refractivity contribution >= 4 is 27.7 Å². The van der Waals surface area contributed by atoms with Gasteiger partial charge in [0.05, 0.1) is 6.54 Å². The van der Waals surface area contributed by atoms with Crippen molar-refractivity contribution in [2.24, 2.45) is 0 Å². The lowest BCUT2D eigenvalue weighted by atomic mass is 10.2. The first-order valence-electron chi connectivity index (χ1n) is 5.75. The maximum Gasteiger partial charge on any atom is 0.242 e. The molecule has 2 heterocycles. The molecule has 0 aromatic carbocycles. The van der Waals surface area contributed by atoms with Crippen molar-refractivity contribution in [3.8, 4) is 0 Å². The van der Waals surface area contributed by atoms with Crippen LogP contribution < -0.4 is 0 Å². The Kier molecular flexibility index (Phi) is 3.96. The van der Waals surface area contributed by atoms with E-state index in [0.717, 1.165) is 10.0 Å². The predicted octanol–water partition coefficient (Wildman–Crippen LogP) is 1.03. The molecular weight excluding hydrogens is 298 g/mol. The van der Waals surface area contributed by atoms with Crippen LogP contribution in [-0.2, 0) is 16.1 Å². The third-order valence-electron chi connectivity index (χ3n) is 2.87. The summed E-state index contributed by atoms with van der Waals surface area (Å²) in [6.45, 7) is 3.21. The summed E-state index contributed by atoms with van der Waals surface area (Å²) in [4.78, 5) is 30.8. The number of rotatable bonds is 3. The first-order chi connectivity index (χ1) is 8.60. The SMILES string of the molecule is CCN1CC(=O)N(Cc2cncc(Br)c2)CC1=O. The second-order valence-corrected chi connectivity index (χ2v) is 5.08. The Hall–Kier alpha value is -1.43. The van der Waals surface area contributed by atoms with Crippen LogP contribution >= 0.6 is 15.9 Å². The van der Waals surface area contributed by atoms with Crippen LogP contribution in [0.4, 0.5) is 0 Å². The number of aromatic nitrogens is 1. The summed E-state index contributed by atoms with van der Waals surface area (Å²) in [5.74, 6) is -0.0171. The molecule has 0 bridgehead atoms. The summed E-state index contributed by atoms with van der Waals surface area (Å²) < 4.78 is 0.867. The van der Waals surface area contributed by atoms with Gasteiger partial charge in [-0.15, -0.1) is 0 Å². The van der Waals surface area contributed by atoms with Crippen LogP contribution in [0.25, 0.3) is 0 Å². The minimum Gasteiger partial charge on any atom is -0.332 e. The molecule has 0 unspecified atom stereocenters. The van der Waals surface area contributed by atoms with E-state index >= 15 is 0 Å². The summed E-state index contributed by atoms with van der Waals surface area (Å²) in [5.41, 5.74) is 0.912. The van der Waals surface area contributed by atoms with Gasteiger partial charge >= 0.3 is 0 Å². The highest BCUT2D eigenvalue weighted by atomic mass is 79.9. The van der Waals surface area contributed by atoms with E-state index in [1.54, 1.807) is 22.2 Å². The molecule has 18 heavy (non-hydrogen) atoms. The smallest absolute Gasteiger partial charge is 0.242 e. The Labute approximate surface area is 114 Å². The zero-order chi connectivity index (χ0) is 13.1. The third-order valence-corrected chi connectivity index (χ3v) is 3.31. The molecule has 1 aromatic rings. The molecule has 0 radical (unpaired) electrons. The summed E-state index contributed by atoms with van der Waals surface area (Å²) >= 11 is 3.33. The summed E-state index contributed by atoms with van der Waals surface area (Å²) in [5, 5.41) is 0. The molecular formula is C12H14BrN3O2. The van der Waals surface area contributed by atoms with Gasteiger partial charge in [0.1, 0.15) is 6.54 Å². The number of pyridine rings is 1. The molecule has 0 spiro atoms. The van der Waals surface area contributed by atoms with Gasteiger partial charge in [0.25, 0.3) is 0 Å². The van der Waals surface area contributed by atoms with Gasteiger partial charge < -0.3 is 9.80 Å². The Bertz CT molecular complexity index is 478. The topological polar surface area (TPSA) is 53.5 Å². The van der Waals surface area contributed by atoms with Gasteiger partial charge in [-0.05, 0) is 34.5 Å². The summed E-state index contributed by atoms with van der Waals surface area (Å²) in [6.07, 6.45) is 3.39. The van der Waals surface area contributed by atoms with Crippen LogP contribution in [0.5, 0.6) is 0 Å². The van der Waals surface area contributed by atoms with Crippen LogP contribution in [0.3, 0.4) is 0 Å². The number of hydrogen-bond donors (Lipinski definition) is 0. The van der Waals surface area contributed by atoms with E-state index in [1.807, 2.05) is 13.0 Å². The van der Waals surface area contributed by atoms with E-state index in [9.17, 15) is 9.59 Å². The first-order valence-corrected chi connectivity index (χ1v) is 6.54. The van der Waals surface area contributed by atoms with E-state index < -0.39 is 0 Å². The highest BCUT2D eigenvalue weighted by Crippen LogP contribution is 2.13. The molecule has 1 saturated heterocycles. The second kappa shape index (κ2) is 5.48. The molecule has 2 rings (SSSR count). The summed E-state index contributed by atoms with van der Waals surface area (Å²) in [7, 11) is 0. The molecule has 0 atom stereocenters. The van der Waals surface area contributed by atoms with E-state index in [0.29, 0.717) is 13.1 Å². The van der Waals surface area contributed by atoms with Crippen LogP contribution in [0.1, 0.15) is 12.5 Å². The lowest BCUT2D eigenvalue weighted by molar-refractivity contribution is -0.150. The average molecular weight is 312 g/mol. The monoisotopic (exact) mass is 311 g/mol. The molecule has 2 amide bonds. The second-order valence-electron chi connectivity index (χ2n) is 4.17. The van der Waals surface area contributed by atoms with Gasteiger partial charge in [-0.3, -0.25) is 14.6 Å². The molecule has 96 valence electrons. The number of likely N-dealkylation sites (N-methyl/N-ethyl adjacent to an activating group) is 1. The van der Waals surface area contributed by atoms with Gasteiger partial charge in [-0.25, -0.2) is 0 Å². The standard InChI is InChI=1S/C12H14BrN3O2/c1-2-15-7-12(18)16(8-11(15)17)6-9-3-10(13)5-14-4-9/h3-5H,2,6-8H2,1H3. The van der Waals surface area contributed by atoms with Crippen molar-refractivity contribution in [3.05, 3.63) is 28.5 Å². The Morgan fingerprint density at radius 2 is 1.89 bits per heavy atom. The molecule has 6 heteroatoms. The van der Waals surface area contributed by atoms with Crippen molar-refractivity contribution in [2.45, 2.75) is 13.5 Å². The van der Waals surface area contributed by atoms with Crippen molar-refractivity contribution < 1.29 is 9.59 Å². The van der Waals surface area contributed by atoms with Gasteiger partial charge in [-0.2, -0.15) is 0 Å². The average Bonchev–Trinajstić information content (AvgIpc) is 2.33. The Morgan fingerprint density at radius 1 is 1.22 bits per heavy atom. The fourth-order valence-electron chi connectivity index (χ4n) is 1.90. The third kappa shape index (κ3) is 2.87. The number of halogens is 1. The highest BCUT2D eigenvalue weighted by molar-refractivity contribution is 9.10. The minimum atomic E-state index is -0.0172. The number of carbonyl (C=O) groups excluding carboxylic acids is 2. The lowest BCUT2D eigenvalue weighted by Gasteiger charge is -2.33. The van der Waals surface area contributed by atoms with Crippen LogP contribution in [0.15, 0.2) is 22.9 Å². The van der Waals surface area contributed by atoms with Crippen molar-refractivity contribution in [2.75, 3.05) is 19.6 Å². The number of carbonyl (C=O) groups is 2. The molecule has 0 saturated carbocycles. The van der Waals surface area contributed by atoms with Crippen molar-refractivity contribution in [3.63, 3.8) is 0 Å². The van der Waals surface area contributed by atoms with E-state index in [1.165, 1.54) is 0 Å². The number of nitrogens with zero attached hydrogens (tertiary/aromatic N) is 3. The van der Waals surface area contributed by atoms with Crippen LogP contribution in [-0.4, -0.2) is 46.2 Å². The van der Waals surface area contributed by atoms with E-state index in [2.05, 4.69) is 20.9 Å². The number of hydrogen-bond acceptors (Lipinski definition) is 3. The summed E-state index contributed by atoms with van der Waals surface area (Å²) in [6, 6.07) is 1.90. The zero-order valence-electron chi connectivity index (χ0n) is 10.1. The molecule has 0 aliphatic carbocycles. The normalized spacial score (nSPS) is 16.3. The Balaban J connectivity index is 2.06.